The van der Waals surface area contributed by atoms with Crippen molar-refractivity contribution >= 4 is 23.5 Å². The molecule has 0 radical (unpaired) electrons. The minimum atomic E-state index is -0.224. The molecule has 0 atom stereocenters. The van der Waals surface area contributed by atoms with Crippen LogP contribution in [0.3, 0.4) is 0 Å². The van der Waals surface area contributed by atoms with Gasteiger partial charge >= 0.3 is 5.97 Å². The number of carbonyl (C=O) groups excluding carboxylic acids is 2. The van der Waals surface area contributed by atoms with Crippen molar-refractivity contribution in [2.45, 2.75) is 38.4 Å². The number of hydrogen-bond donors (Lipinski definition) is 0. The molecule has 0 amide bonds. The lowest BCUT2D eigenvalue weighted by atomic mass is 10.2. The molecule has 3 aromatic heterocycles. The smallest absolute Gasteiger partial charge is 0.305 e. The fraction of sp³-hybridized carbons (Fsp3) is 0.400. The van der Waals surface area contributed by atoms with Gasteiger partial charge in [0, 0.05) is 37.0 Å². The highest BCUT2D eigenvalue weighted by Crippen LogP contribution is 2.25. The number of carbonyl (C=O) groups is 2. The van der Waals surface area contributed by atoms with Crippen LogP contribution in [0.4, 0.5) is 0 Å². The summed E-state index contributed by atoms with van der Waals surface area (Å²) in [6.07, 6.45) is 2.61. The van der Waals surface area contributed by atoms with E-state index >= 15 is 0 Å². The van der Waals surface area contributed by atoms with Crippen molar-refractivity contribution in [3.05, 3.63) is 41.4 Å². The molecule has 3 heterocycles. The molecular formula is C20H24N4O4S. The number of aromatic nitrogens is 4. The number of aryl methyl sites for hydroxylation is 1. The van der Waals surface area contributed by atoms with E-state index in [9.17, 15) is 9.59 Å². The van der Waals surface area contributed by atoms with E-state index in [2.05, 4.69) is 19.5 Å². The molecule has 0 aliphatic rings. The van der Waals surface area contributed by atoms with Gasteiger partial charge in [0.05, 0.1) is 19.1 Å². The second-order valence-electron chi connectivity index (χ2n) is 6.67. The first-order valence-electron chi connectivity index (χ1n) is 9.25. The van der Waals surface area contributed by atoms with Crippen LogP contribution >= 0.6 is 11.8 Å². The van der Waals surface area contributed by atoms with E-state index in [0.29, 0.717) is 41.7 Å². The third kappa shape index (κ3) is 4.61. The predicted molar refractivity (Wildman–Crippen MR) is 109 cm³/mol. The molecule has 29 heavy (non-hydrogen) atoms. The molecule has 154 valence electrons. The van der Waals surface area contributed by atoms with Gasteiger partial charge in [0.15, 0.2) is 22.5 Å². The van der Waals surface area contributed by atoms with Gasteiger partial charge in [-0.05, 0) is 38.5 Å². The molecule has 9 heteroatoms. The van der Waals surface area contributed by atoms with Crippen LogP contribution in [-0.4, -0.2) is 43.9 Å². The topological polar surface area (TPSA) is 92.2 Å². The third-order valence-electron chi connectivity index (χ3n) is 4.77. The molecule has 8 nitrogen and oxygen atoms in total. The maximum Gasteiger partial charge on any atom is 0.305 e. The number of ether oxygens (including phenoxy) is 1. The maximum atomic E-state index is 12.8. The Morgan fingerprint density at radius 3 is 2.76 bits per heavy atom. The van der Waals surface area contributed by atoms with Crippen LogP contribution in [-0.2, 0) is 23.1 Å². The van der Waals surface area contributed by atoms with E-state index in [4.69, 9.17) is 4.42 Å². The SMILES string of the molecule is COC(=O)CCCn1c(C)cc(C(=O)CSc2nnc(-c3ccco3)n2C)c1C. The first-order chi connectivity index (χ1) is 13.9. The number of nitrogens with zero attached hydrogens (tertiary/aromatic N) is 4. The van der Waals surface area contributed by atoms with E-state index in [0.717, 1.165) is 11.4 Å². The van der Waals surface area contributed by atoms with Crippen molar-refractivity contribution < 1.29 is 18.7 Å². The molecular weight excluding hydrogens is 392 g/mol. The molecule has 0 unspecified atom stereocenters. The molecule has 3 rings (SSSR count). The zero-order valence-electron chi connectivity index (χ0n) is 17.0. The second-order valence-corrected chi connectivity index (χ2v) is 7.61. The van der Waals surface area contributed by atoms with E-state index in [1.165, 1.54) is 18.9 Å². The number of rotatable bonds is 9. The molecule has 0 aromatic carbocycles. The van der Waals surface area contributed by atoms with Crippen LogP contribution in [0, 0.1) is 13.8 Å². The van der Waals surface area contributed by atoms with E-state index in [1.807, 2.05) is 37.6 Å². The lowest BCUT2D eigenvalue weighted by Gasteiger charge is -2.09. The fourth-order valence-corrected chi connectivity index (χ4v) is 3.97. The fourth-order valence-electron chi connectivity index (χ4n) is 3.18. The van der Waals surface area contributed by atoms with Crippen LogP contribution in [0.1, 0.15) is 34.6 Å². The van der Waals surface area contributed by atoms with Crippen molar-refractivity contribution in [2.75, 3.05) is 12.9 Å². The van der Waals surface area contributed by atoms with Gasteiger partial charge in [-0.15, -0.1) is 10.2 Å². The molecule has 0 aliphatic heterocycles. The molecule has 0 bridgehead atoms. The summed E-state index contributed by atoms with van der Waals surface area (Å²) in [7, 11) is 3.23. The molecule has 0 aliphatic carbocycles. The number of esters is 1. The zero-order valence-corrected chi connectivity index (χ0v) is 17.8. The standard InChI is InChI=1S/C20H24N4O4S/c1-13-11-15(14(2)24(13)9-5-8-18(26)27-4)16(25)12-29-20-22-21-19(23(20)3)17-7-6-10-28-17/h6-7,10-11H,5,8-9,12H2,1-4H3. The third-order valence-corrected chi connectivity index (χ3v) is 5.79. The van der Waals surface area contributed by atoms with Crippen molar-refractivity contribution in [3.8, 4) is 11.6 Å². The Morgan fingerprint density at radius 1 is 1.28 bits per heavy atom. The zero-order chi connectivity index (χ0) is 21.0. The summed E-state index contributed by atoms with van der Waals surface area (Å²) >= 11 is 1.34. The van der Waals surface area contributed by atoms with Crippen LogP contribution in [0.5, 0.6) is 0 Å². The summed E-state index contributed by atoms with van der Waals surface area (Å²) < 4.78 is 13.9. The highest BCUT2D eigenvalue weighted by atomic mass is 32.2. The number of furan rings is 1. The lowest BCUT2D eigenvalue weighted by Crippen LogP contribution is -2.09. The van der Waals surface area contributed by atoms with Crippen LogP contribution < -0.4 is 0 Å². The minimum Gasteiger partial charge on any atom is -0.469 e. The van der Waals surface area contributed by atoms with Gasteiger partial charge in [-0.1, -0.05) is 11.8 Å². The summed E-state index contributed by atoms with van der Waals surface area (Å²) in [6, 6.07) is 5.52. The molecule has 0 N–H and O–H groups in total. The maximum absolute atomic E-state index is 12.8. The van der Waals surface area contributed by atoms with Crippen molar-refractivity contribution in [1.82, 2.24) is 19.3 Å². The number of Topliss-reactive ketones (excluding diaryl/α,β-unsaturated/α-hetero) is 1. The molecule has 0 saturated heterocycles. The minimum absolute atomic E-state index is 0.0323. The van der Waals surface area contributed by atoms with Gasteiger partial charge in [0.25, 0.3) is 0 Å². The highest BCUT2D eigenvalue weighted by Gasteiger charge is 2.19. The number of ketones is 1. The number of thioether (sulfide) groups is 1. The Labute approximate surface area is 173 Å². The van der Waals surface area contributed by atoms with Crippen LogP contribution in [0.25, 0.3) is 11.6 Å². The van der Waals surface area contributed by atoms with E-state index < -0.39 is 0 Å². The summed E-state index contributed by atoms with van der Waals surface area (Å²) in [5.41, 5.74) is 2.60. The van der Waals surface area contributed by atoms with Gasteiger partial charge in [0.1, 0.15) is 0 Å². The Morgan fingerprint density at radius 2 is 2.07 bits per heavy atom. The number of hydrogen-bond acceptors (Lipinski definition) is 7. The Hall–Kier alpha value is -2.81. The molecule has 0 spiro atoms. The number of methoxy groups -OCH3 is 1. The first-order valence-corrected chi connectivity index (χ1v) is 10.2. The average Bonchev–Trinajstić information content (AvgIpc) is 3.41. The van der Waals surface area contributed by atoms with Crippen molar-refractivity contribution in [3.63, 3.8) is 0 Å². The lowest BCUT2D eigenvalue weighted by molar-refractivity contribution is -0.140. The second kappa shape index (κ2) is 9.13. The first kappa shape index (κ1) is 20.9. The van der Waals surface area contributed by atoms with Crippen LogP contribution in [0.2, 0.25) is 0 Å². The van der Waals surface area contributed by atoms with Gasteiger partial charge in [-0.3, -0.25) is 9.59 Å². The van der Waals surface area contributed by atoms with Gasteiger partial charge in [-0.25, -0.2) is 0 Å². The normalized spacial score (nSPS) is 11.0. The average molecular weight is 417 g/mol. The summed E-state index contributed by atoms with van der Waals surface area (Å²) in [5.74, 6) is 1.32. The van der Waals surface area contributed by atoms with Crippen molar-refractivity contribution in [2.24, 2.45) is 7.05 Å². The summed E-state index contributed by atoms with van der Waals surface area (Å²) in [4.78, 5) is 24.1. The van der Waals surface area contributed by atoms with Crippen molar-refractivity contribution in [1.29, 1.82) is 0 Å². The van der Waals surface area contributed by atoms with E-state index in [1.54, 1.807) is 12.3 Å². The highest BCUT2D eigenvalue weighted by molar-refractivity contribution is 7.99. The quantitative estimate of drug-likeness (QED) is 0.300. The molecule has 3 aromatic rings. The summed E-state index contributed by atoms with van der Waals surface area (Å²) in [6.45, 7) is 4.57. The van der Waals surface area contributed by atoms with Gasteiger partial charge in [-0.2, -0.15) is 0 Å². The van der Waals surface area contributed by atoms with E-state index in [-0.39, 0.29) is 17.5 Å². The largest absolute Gasteiger partial charge is 0.469 e. The predicted octanol–water partition coefficient (Wildman–Crippen LogP) is 3.42. The monoisotopic (exact) mass is 416 g/mol. The van der Waals surface area contributed by atoms with Gasteiger partial charge < -0.3 is 18.3 Å². The molecule has 0 fully saturated rings. The van der Waals surface area contributed by atoms with Gasteiger partial charge in [0.2, 0.25) is 0 Å². The summed E-state index contributed by atoms with van der Waals surface area (Å²) in [5, 5.41) is 8.96. The molecule has 0 saturated carbocycles. The Bertz CT molecular complexity index is 1000. The van der Waals surface area contributed by atoms with Crippen LogP contribution in [0.15, 0.2) is 34.0 Å². The Kier molecular flexibility index (Phi) is 6.58. The Balaban J connectivity index is 1.64.